The van der Waals surface area contributed by atoms with Gasteiger partial charge in [0.25, 0.3) is 0 Å². The second kappa shape index (κ2) is 15.8. The van der Waals surface area contributed by atoms with Gasteiger partial charge in [-0.1, -0.05) is 13.8 Å². The fraction of sp³-hybridized carbons (Fsp3) is 0.900. The highest BCUT2D eigenvalue weighted by Crippen LogP contribution is 1.86. The van der Waals surface area contributed by atoms with Crippen molar-refractivity contribution in [3.63, 3.8) is 0 Å². The maximum Gasteiger partial charge on any atom is 0.245 e. The van der Waals surface area contributed by atoms with Gasteiger partial charge in [-0.15, -0.1) is 0 Å². The Bertz CT molecular complexity index is 141. The third-order valence-electron chi connectivity index (χ3n) is 1.45. The molecule has 0 spiro atoms. The van der Waals surface area contributed by atoms with Gasteiger partial charge in [-0.25, -0.2) is 0 Å². The third-order valence-corrected chi connectivity index (χ3v) is 1.45. The van der Waals surface area contributed by atoms with E-state index in [2.05, 4.69) is 5.32 Å². The highest BCUT2D eigenvalue weighted by atomic mass is 16.5. The summed E-state index contributed by atoms with van der Waals surface area (Å²) >= 11 is 0. The Morgan fingerprint density at radius 3 is 2.60 bits per heavy atom. The monoisotopic (exact) mass is 224 g/mol. The molecule has 0 unspecified atom stereocenters. The van der Waals surface area contributed by atoms with E-state index in [4.69, 9.17) is 15.6 Å². The minimum Gasteiger partial charge on any atom is -0.387 e. The molecule has 0 radical (unpaired) electrons. The number of aliphatic hydroxyl groups is 1. The number of unbranched alkanes of at least 4 members (excludes halogenated alkanes) is 1. The molecule has 4 N–H and O–H groups in total. The van der Waals surface area contributed by atoms with Gasteiger partial charge in [0.05, 0.1) is 6.61 Å². The Morgan fingerprint density at radius 2 is 2.07 bits per heavy atom. The summed E-state index contributed by atoms with van der Waals surface area (Å²) in [6, 6.07) is 0. The molecule has 0 heterocycles. The van der Waals surface area contributed by atoms with E-state index in [1.165, 1.54) is 0 Å². The number of aliphatic hydroxyl groups excluding tert-OH is 1. The van der Waals surface area contributed by atoms with E-state index in [-0.39, 0.29) is 8.76 Å². The van der Waals surface area contributed by atoms with E-state index in [9.17, 15) is 4.79 Å². The van der Waals surface area contributed by atoms with Crippen LogP contribution in [0.1, 0.15) is 29.5 Å². The predicted octanol–water partition coefficient (Wildman–Crippen LogP) is 0.369. The molecule has 0 fully saturated rings. The number of carbonyl (C=O) groups excluding carboxylic acids is 1. The SMILES string of the molecule is CC.NCCCCOCCNC(=O)CO.[HH].[HH]. The standard InChI is InChI=1S/C8H18N2O3.C2H6.2H2/c9-3-1-2-5-13-6-4-10-8(12)7-11;1-2;;/h11H,1-7,9H2,(H,10,12);1-2H3;2*1H. The summed E-state index contributed by atoms with van der Waals surface area (Å²) in [4.78, 5) is 10.5. The van der Waals surface area contributed by atoms with Crippen molar-refractivity contribution >= 4 is 5.91 Å². The molecule has 0 atom stereocenters. The predicted molar refractivity (Wildman–Crippen MR) is 64.8 cm³/mol. The summed E-state index contributed by atoms with van der Waals surface area (Å²) in [6.45, 7) is 5.82. The molecule has 0 aliphatic rings. The molecular weight excluding hydrogens is 196 g/mol. The van der Waals surface area contributed by atoms with Gasteiger partial charge in [0, 0.05) is 16.0 Å². The maximum atomic E-state index is 10.5. The normalized spacial score (nSPS) is 9.07. The van der Waals surface area contributed by atoms with E-state index < -0.39 is 6.61 Å². The van der Waals surface area contributed by atoms with Crippen LogP contribution in [0.5, 0.6) is 0 Å². The lowest BCUT2D eigenvalue weighted by Crippen LogP contribution is -2.29. The quantitative estimate of drug-likeness (QED) is 0.520. The molecule has 96 valence electrons. The zero-order chi connectivity index (χ0) is 11.9. The number of rotatable bonds is 8. The van der Waals surface area contributed by atoms with E-state index in [1.807, 2.05) is 13.8 Å². The van der Waals surface area contributed by atoms with Crippen molar-refractivity contribution in [3.8, 4) is 0 Å². The average Bonchev–Trinajstić information content (AvgIpc) is 2.30. The molecule has 0 aliphatic heterocycles. The fourth-order valence-electron chi connectivity index (χ4n) is 0.769. The summed E-state index contributed by atoms with van der Waals surface area (Å²) in [7, 11) is 0. The molecule has 0 saturated heterocycles. The van der Waals surface area contributed by atoms with Crippen LogP contribution in [0.25, 0.3) is 0 Å². The lowest BCUT2D eigenvalue weighted by molar-refractivity contribution is -0.124. The molecule has 0 aromatic carbocycles. The van der Waals surface area contributed by atoms with Gasteiger partial charge >= 0.3 is 0 Å². The number of nitrogens with one attached hydrogen (secondary N) is 1. The van der Waals surface area contributed by atoms with Crippen LogP contribution in [0.4, 0.5) is 0 Å². The highest BCUT2D eigenvalue weighted by molar-refractivity contribution is 5.76. The topological polar surface area (TPSA) is 84.6 Å². The van der Waals surface area contributed by atoms with Gasteiger partial charge < -0.3 is 20.9 Å². The molecule has 5 heteroatoms. The second-order valence-electron chi connectivity index (χ2n) is 2.62. The lowest BCUT2D eigenvalue weighted by atomic mass is 10.3. The molecule has 1 amide bonds. The molecule has 0 aromatic rings. The maximum absolute atomic E-state index is 10.5. The Morgan fingerprint density at radius 1 is 1.40 bits per heavy atom. The average molecular weight is 224 g/mol. The van der Waals surface area contributed by atoms with Crippen LogP contribution in [0.2, 0.25) is 0 Å². The molecule has 0 saturated carbocycles. The van der Waals surface area contributed by atoms with Crippen LogP contribution in [0, 0.1) is 0 Å². The van der Waals surface area contributed by atoms with Crippen molar-refractivity contribution in [3.05, 3.63) is 0 Å². The van der Waals surface area contributed by atoms with Crippen molar-refractivity contribution in [2.24, 2.45) is 5.73 Å². The van der Waals surface area contributed by atoms with Crippen LogP contribution in [-0.2, 0) is 9.53 Å². The lowest BCUT2D eigenvalue weighted by Gasteiger charge is -2.04. The Labute approximate surface area is 95.0 Å². The van der Waals surface area contributed by atoms with Crippen molar-refractivity contribution in [1.29, 1.82) is 0 Å². The number of amides is 1. The van der Waals surface area contributed by atoms with Crippen LogP contribution < -0.4 is 11.1 Å². The molecule has 0 aromatic heterocycles. The summed E-state index contributed by atoms with van der Waals surface area (Å²) in [5, 5.41) is 10.8. The molecule has 5 nitrogen and oxygen atoms in total. The second-order valence-corrected chi connectivity index (χ2v) is 2.62. The smallest absolute Gasteiger partial charge is 0.245 e. The summed E-state index contributed by atoms with van der Waals surface area (Å²) in [5.41, 5.74) is 5.29. The van der Waals surface area contributed by atoms with Crippen molar-refractivity contribution < 1.29 is 17.5 Å². The van der Waals surface area contributed by atoms with Gasteiger partial charge in [-0.2, -0.15) is 0 Å². The summed E-state index contributed by atoms with van der Waals surface area (Å²) in [6.07, 6.45) is 1.91. The van der Waals surface area contributed by atoms with E-state index in [0.717, 1.165) is 12.8 Å². The molecule has 15 heavy (non-hydrogen) atoms. The first-order chi connectivity index (χ1) is 7.31. The van der Waals surface area contributed by atoms with Crippen LogP contribution in [0.15, 0.2) is 0 Å². The zero-order valence-electron chi connectivity index (χ0n) is 9.79. The summed E-state index contributed by atoms with van der Waals surface area (Å²) in [5.74, 6) is -0.370. The van der Waals surface area contributed by atoms with E-state index in [1.54, 1.807) is 0 Å². The van der Waals surface area contributed by atoms with Gasteiger partial charge in [0.1, 0.15) is 6.61 Å². The Balaban J connectivity index is -0.000000199. The molecule has 0 rings (SSSR count). The number of hydrogen-bond acceptors (Lipinski definition) is 4. The van der Waals surface area contributed by atoms with Gasteiger partial charge in [0.2, 0.25) is 5.91 Å². The highest BCUT2D eigenvalue weighted by Gasteiger charge is 1.95. The first-order valence-corrected chi connectivity index (χ1v) is 5.46. The largest absolute Gasteiger partial charge is 0.387 e. The van der Waals surface area contributed by atoms with Crippen molar-refractivity contribution in [2.45, 2.75) is 26.7 Å². The zero-order valence-corrected chi connectivity index (χ0v) is 9.79. The van der Waals surface area contributed by atoms with Crippen LogP contribution >= 0.6 is 0 Å². The Hall–Kier alpha value is -0.650. The van der Waals surface area contributed by atoms with Crippen LogP contribution in [0.3, 0.4) is 0 Å². The van der Waals surface area contributed by atoms with E-state index in [0.29, 0.717) is 26.3 Å². The minimum absolute atomic E-state index is 0. The number of hydrogen-bond donors (Lipinski definition) is 3. The molecule has 0 bridgehead atoms. The van der Waals surface area contributed by atoms with Crippen LogP contribution in [-0.4, -0.2) is 43.9 Å². The third kappa shape index (κ3) is 16.1. The number of ether oxygens (including phenoxy) is 1. The van der Waals surface area contributed by atoms with Gasteiger partial charge in [-0.05, 0) is 19.4 Å². The first-order valence-electron chi connectivity index (χ1n) is 5.46. The van der Waals surface area contributed by atoms with Crippen molar-refractivity contribution in [2.75, 3.05) is 32.9 Å². The van der Waals surface area contributed by atoms with Crippen molar-refractivity contribution in [1.82, 2.24) is 5.32 Å². The van der Waals surface area contributed by atoms with Gasteiger partial charge in [0.15, 0.2) is 0 Å². The van der Waals surface area contributed by atoms with Gasteiger partial charge in [-0.3, -0.25) is 4.79 Å². The molecule has 0 aliphatic carbocycles. The fourth-order valence-corrected chi connectivity index (χ4v) is 0.769. The Kier molecular flexibility index (Phi) is 17.7. The number of nitrogens with two attached hydrogens (primary N) is 1. The number of carbonyl (C=O) groups is 1. The summed E-state index contributed by atoms with van der Waals surface area (Å²) < 4.78 is 5.18. The van der Waals surface area contributed by atoms with E-state index >= 15 is 0 Å². The minimum atomic E-state index is -0.465. The molecular formula is C10H28N2O3. The first kappa shape index (κ1) is 16.8.